The summed E-state index contributed by atoms with van der Waals surface area (Å²) in [5.74, 6) is -0.967. The molecule has 7 aromatic rings. The lowest BCUT2D eigenvalue weighted by Crippen LogP contribution is -2.37. The summed E-state index contributed by atoms with van der Waals surface area (Å²) in [6.07, 6.45) is 18.3. The molecule has 13 rings (SSSR count). The number of halogens is 6. The van der Waals surface area contributed by atoms with Gasteiger partial charge in [0.1, 0.15) is 18.7 Å². The van der Waals surface area contributed by atoms with E-state index in [9.17, 15) is 65.5 Å². The standard InChI is InChI=1S/C51H52F3N3O8S3.C39H50N3O2.C6H15N.CHF3O3S/c1-49(2)44(56(30-12-14-32-66(58,59)60)42-26-22-34-16-6-8-18-36(34)46(42)49)28-24-40-38-20-10-11-21-39(38)41(48(40)55(5)68(64,65)51(52,53)54)25-29-45-50(3,4)47-37-19-9-7-17-35(37)23-27-43(47)57(45)31-13-15-33-67(61,62)63;1-11-41-31-19-15-13-17-29(31)38(6,7)33(41)25-23-27-21-22-28(35(27)40(10)36(43)44-37(3,4)5)24-26-34-39(8,9)30-18-14-16-20-32(30)42(34)12-2;1-4-7(5-2)6-3;2-1(3,4)8(5,6)7/h6-11,16-29H,12-15,30-33H2,1-5H3,(H-,58,59,60,61,62,63);13-20,23-26H,11-12,21-22H2,1-10H3;4-6H2,1-3H3;(H,5,6,7)/q;+1;;/p-1. The van der Waals surface area contributed by atoms with Crippen molar-refractivity contribution in [3.05, 3.63) is 262 Å². The molecule has 4 aliphatic heterocycles. The number of para-hydroxylation sites is 2. The summed E-state index contributed by atoms with van der Waals surface area (Å²) in [6, 6.07) is 48.0. The summed E-state index contributed by atoms with van der Waals surface area (Å²) in [7, 11) is -18.0. The fourth-order valence-corrected chi connectivity index (χ4v) is 20.0. The van der Waals surface area contributed by atoms with Crippen LogP contribution in [0.25, 0.3) is 32.7 Å². The molecule has 0 saturated heterocycles. The predicted molar refractivity (Wildman–Crippen MR) is 494 cm³/mol. The topological polar surface area (TPSA) is 251 Å². The van der Waals surface area contributed by atoms with Crippen molar-refractivity contribution in [2.24, 2.45) is 0 Å². The number of allylic oxidation sites excluding steroid dienone is 14. The Morgan fingerprint density at radius 1 is 0.528 bits per heavy atom. The maximum atomic E-state index is 14.7. The number of rotatable bonds is 24. The molecule has 0 radical (unpaired) electrons. The van der Waals surface area contributed by atoms with E-state index in [1.165, 1.54) is 53.5 Å². The summed E-state index contributed by atoms with van der Waals surface area (Å²) >= 11 is 0. The van der Waals surface area contributed by atoms with Gasteiger partial charge in [-0.1, -0.05) is 182 Å². The van der Waals surface area contributed by atoms with E-state index >= 15 is 0 Å². The molecule has 684 valence electrons. The van der Waals surface area contributed by atoms with Gasteiger partial charge in [-0.15, -0.1) is 0 Å². The van der Waals surface area contributed by atoms with Crippen LogP contribution in [0.3, 0.4) is 0 Å². The molecule has 0 bridgehead atoms. The van der Waals surface area contributed by atoms with Crippen LogP contribution in [0.2, 0.25) is 0 Å². The molecule has 127 heavy (non-hydrogen) atoms. The van der Waals surface area contributed by atoms with Crippen molar-refractivity contribution in [3.63, 3.8) is 0 Å². The van der Waals surface area contributed by atoms with Gasteiger partial charge in [0.25, 0.3) is 10.1 Å². The van der Waals surface area contributed by atoms with Crippen molar-refractivity contribution in [2.75, 3.05) is 81.2 Å². The molecule has 0 fully saturated rings. The number of benzene rings is 7. The number of fused-ring (bicyclic) bond motifs is 9. The third-order valence-corrected chi connectivity index (χ3v) is 28.0. The number of carbonyl (C=O) groups excluding carboxylic acids is 1. The van der Waals surface area contributed by atoms with Crippen molar-refractivity contribution in [1.29, 1.82) is 0 Å². The summed E-state index contributed by atoms with van der Waals surface area (Å²) in [4.78, 5) is 22.0. The molecule has 0 aromatic heterocycles. The minimum Gasteiger partial charge on any atom is -0.748 e. The number of nitrogens with zero attached hydrogens (tertiary/aromatic N) is 7. The second-order valence-corrected chi connectivity index (χ2v) is 41.5. The number of anilines is 2. The van der Waals surface area contributed by atoms with Gasteiger partial charge in [-0.3, -0.25) is 13.8 Å². The number of sulfonamides is 1. The Morgan fingerprint density at radius 3 is 1.62 bits per heavy atom. The SMILES string of the molecule is CCN(CC)CC.CCN1/C(=C/C=C2\CCC(/C=C/C3=[N+](CC)c4ccccc4C3(C)C)=C2N(C)C(=O)OC(C)(C)C)C(C)(C)c2ccccc21.CN(/C1=C(\C=C\C2=[N+](CCCCS(=O)(=O)[O-])c3ccc4ccccc4c3C2(C)C)c2ccccc2\C1=C/C=C1/N(CCCCS(=O)(=O)O)c2ccc3ccccc3c2C1(C)C)S(=O)(=O)C(F)(F)F.O=S(=O)([O-])C(F)(F)F. The van der Waals surface area contributed by atoms with Crippen LogP contribution < -0.4 is 9.80 Å². The minimum atomic E-state index is -6.09. The van der Waals surface area contributed by atoms with E-state index in [2.05, 4.69) is 150 Å². The second-order valence-electron chi connectivity index (χ2n) is 35.1. The van der Waals surface area contributed by atoms with E-state index in [1.54, 1.807) is 53.5 Å². The van der Waals surface area contributed by atoms with Crippen LogP contribution in [0.15, 0.2) is 228 Å². The Balaban J connectivity index is 0.000000242. The number of likely N-dealkylation sites (N-methyl/N-ethyl adjacent to an activating group) is 3. The molecule has 0 unspecified atom stereocenters. The fourth-order valence-electron chi connectivity index (χ4n) is 18.2. The first-order valence-electron chi connectivity index (χ1n) is 42.7. The van der Waals surface area contributed by atoms with E-state index in [4.69, 9.17) is 17.7 Å². The van der Waals surface area contributed by atoms with Crippen LogP contribution in [0.4, 0.5) is 53.9 Å². The van der Waals surface area contributed by atoms with Crippen LogP contribution in [0.1, 0.15) is 183 Å². The van der Waals surface area contributed by atoms with Crippen LogP contribution >= 0.6 is 0 Å². The predicted octanol–water partition coefficient (Wildman–Crippen LogP) is 20.8. The van der Waals surface area contributed by atoms with E-state index in [0.717, 1.165) is 105 Å². The van der Waals surface area contributed by atoms with Crippen LogP contribution in [-0.2, 0) is 66.8 Å². The minimum absolute atomic E-state index is 0.106. The molecule has 1 N–H and O–H groups in total. The maximum Gasteiger partial charge on any atom is 0.516 e. The smallest absolute Gasteiger partial charge is 0.516 e. The molecular formula is C97H117F6N7O13S4. The van der Waals surface area contributed by atoms with Crippen LogP contribution in [0, 0.1) is 0 Å². The summed E-state index contributed by atoms with van der Waals surface area (Å²) < 4.78 is 208. The Kier molecular flexibility index (Phi) is 30.1. The lowest BCUT2D eigenvalue weighted by Gasteiger charge is -2.27. The molecule has 1 amide bonds. The van der Waals surface area contributed by atoms with Crippen molar-refractivity contribution in [1.82, 2.24) is 14.1 Å². The average molecular weight is 1830 g/mol. The zero-order valence-corrected chi connectivity index (χ0v) is 78.7. The number of amides is 1. The van der Waals surface area contributed by atoms with Gasteiger partial charge in [-0.2, -0.15) is 52.3 Å². The van der Waals surface area contributed by atoms with Crippen LogP contribution in [0.5, 0.6) is 0 Å². The maximum absolute atomic E-state index is 14.7. The molecule has 6 aliphatic rings. The fraction of sp³-hybridized carbons (Fsp3) is 0.412. The highest BCUT2D eigenvalue weighted by atomic mass is 32.2. The normalized spacial score (nSPS) is 18.4. The number of ether oxygens (including phenoxy) is 1. The number of alkyl halides is 6. The first-order valence-corrected chi connectivity index (χ1v) is 48.7. The monoisotopic (exact) mass is 1830 g/mol. The molecule has 0 saturated carbocycles. The molecule has 0 atom stereocenters. The van der Waals surface area contributed by atoms with Gasteiger partial charge in [0, 0.05) is 120 Å². The number of carbonyl (C=O) groups is 1. The highest BCUT2D eigenvalue weighted by Crippen LogP contribution is 2.54. The van der Waals surface area contributed by atoms with Gasteiger partial charge in [-0.05, 0) is 205 Å². The van der Waals surface area contributed by atoms with Gasteiger partial charge in [0.05, 0.1) is 38.1 Å². The average Bonchev–Trinajstić information content (AvgIpc) is 1.57. The summed E-state index contributed by atoms with van der Waals surface area (Å²) in [6.45, 7) is 40.0. The highest BCUT2D eigenvalue weighted by molar-refractivity contribution is 7.90. The Hall–Kier alpha value is -9.79. The lowest BCUT2D eigenvalue weighted by molar-refractivity contribution is -0.438. The van der Waals surface area contributed by atoms with E-state index in [-0.39, 0.29) is 46.6 Å². The van der Waals surface area contributed by atoms with Crippen molar-refractivity contribution < 1.29 is 92.4 Å². The summed E-state index contributed by atoms with van der Waals surface area (Å²) in [5, 5.41) is 3.93. The van der Waals surface area contributed by atoms with Gasteiger partial charge < -0.3 is 28.5 Å². The Morgan fingerprint density at radius 2 is 1.06 bits per heavy atom. The van der Waals surface area contributed by atoms with Gasteiger partial charge in [0.15, 0.2) is 21.5 Å². The molecule has 4 heterocycles. The molecule has 7 aromatic carbocycles. The largest absolute Gasteiger partial charge is 0.748 e. The van der Waals surface area contributed by atoms with Crippen molar-refractivity contribution in [2.45, 2.75) is 188 Å². The van der Waals surface area contributed by atoms with Gasteiger partial charge in [-0.25, -0.2) is 21.6 Å². The quantitative estimate of drug-likeness (QED) is 0.0194. The molecule has 20 nitrogen and oxygen atoms in total. The summed E-state index contributed by atoms with van der Waals surface area (Å²) in [5.41, 5.74) is 3.83. The Bertz CT molecular complexity index is 6200. The van der Waals surface area contributed by atoms with Gasteiger partial charge >= 0.3 is 27.1 Å². The zero-order valence-electron chi connectivity index (χ0n) is 75.5. The zero-order chi connectivity index (χ0) is 93.9. The highest BCUT2D eigenvalue weighted by Gasteiger charge is 2.53. The van der Waals surface area contributed by atoms with E-state index in [0.29, 0.717) is 41.4 Å². The third-order valence-electron chi connectivity index (χ3n) is 24.4. The van der Waals surface area contributed by atoms with Crippen molar-refractivity contribution >= 4 is 113 Å². The van der Waals surface area contributed by atoms with Crippen LogP contribution in [-0.4, -0.2) is 176 Å². The van der Waals surface area contributed by atoms with Crippen molar-refractivity contribution in [3.8, 4) is 0 Å². The third kappa shape index (κ3) is 21.2. The number of hydrogen-bond acceptors (Lipinski definition) is 15. The van der Waals surface area contributed by atoms with E-state index in [1.807, 2.05) is 138 Å². The number of unbranched alkanes of at least 4 members (excludes halogenated alkanes) is 2. The van der Waals surface area contributed by atoms with E-state index < -0.39 is 79.3 Å². The van der Waals surface area contributed by atoms with Gasteiger partial charge in [0.2, 0.25) is 11.4 Å². The lowest BCUT2D eigenvalue weighted by atomic mass is 9.79. The molecule has 2 aliphatic carbocycles. The molecule has 30 heteroatoms. The Labute approximate surface area is 745 Å². The number of hydrogen-bond donors (Lipinski definition) is 1. The second kappa shape index (κ2) is 38.5. The molecule has 0 spiro atoms. The first kappa shape index (κ1) is 99.4. The first-order chi connectivity index (χ1) is 59.2. The molecular weight excluding hydrogens is 1710 g/mol.